The van der Waals surface area contributed by atoms with Gasteiger partial charge in [-0.05, 0) is 41.0 Å². The third kappa shape index (κ3) is 7.82. The summed E-state index contributed by atoms with van der Waals surface area (Å²) in [5.41, 5.74) is 4.47. The second-order valence-corrected chi connectivity index (χ2v) is 11.4. The molecule has 1 aliphatic rings. The number of anilines is 1. The third-order valence-corrected chi connectivity index (χ3v) is 8.54. The molecule has 0 aliphatic carbocycles. The number of aliphatic hydroxyl groups is 1. The fraction of sp³-hybridized carbons (Fsp3) is 0.235. The monoisotopic (exact) mass is 598 g/mol. The molecule has 0 radical (unpaired) electrons. The van der Waals surface area contributed by atoms with Gasteiger partial charge in [-0.15, -0.1) is 11.8 Å². The van der Waals surface area contributed by atoms with Crippen LogP contribution in [0.5, 0.6) is 0 Å². The van der Waals surface area contributed by atoms with Crippen molar-refractivity contribution in [2.45, 2.75) is 43.5 Å². The Bertz CT molecular complexity index is 1510. The van der Waals surface area contributed by atoms with Gasteiger partial charge in [0.05, 0.1) is 24.4 Å². The molecule has 0 bridgehead atoms. The molecule has 0 saturated carbocycles. The van der Waals surface area contributed by atoms with E-state index in [4.69, 9.17) is 9.47 Å². The number of aromatic carboxylic acids is 1. The zero-order chi connectivity index (χ0) is 30.2. The predicted molar refractivity (Wildman–Crippen MR) is 166 cm³/mol. The summed E-state index contributed by atoms with van der Waals surface area (Å²) in [5.74, 6) is -0.487. The standard InChI is InChI=1S/C34H34N2O6S/c1-22-29(21-43-30-10-6-5-9-28(30)32(38)39)41-33(42-31(22)25-13-11-24(20-37)12-14-25)26-15-17-27(18-16-26)36-34(40)35-19-23-7-3-2-4-8-23/h2-18,22,29,31,33,37H,19-21H2,1H3,(H,38,39)(H2,35,36,40)/t22-,29+,31+,33+/m1/s1. The molecule has 1 fully saturated rings. The van der Waals surface area contributed by atoms with E-state index in [1.54, 1.807) is 24.3 Å². The number of hydrogen-bond acceptors (Lipinski definition) is 6. The van der Waals surface area contributed by atoms with Crippen molar-refractivity contribution in [2.24, 2.45) is 5.92 Å². The number of nitrogens with one attached hydrogen (secondary N) is 2. The number of thioether (sulfide) groups is 1. The Morgan fingerprint density at radius 3 is 2.19 bits per heavy atom. The largest absolute Gasteiger partial charge is 0.478 e. The molecule has 0 aromatic heterocycles. The first-order chi connectivity index (χ1) is 20.9. The fourth-order valence-electron chi connectivity index (χ4n) is 4.93. The first kappa shape index (κ1) is 30.3. The van der Waals surface area contributed by atoms with Crippen LogP contribution in [0, 0.1) is 5.92 Å². The SMILES string of the molecule is C[C@@H]1[C@H](CSc2ccccc2C(=O)O)O[C@H](c2ccc(NC(=O)NCc3ccccc3)cc2)O[C@@H]1c1ccc(CO)cc1. The van der Waals surface area contributed by atoms with Gasteiger partial charge in [0.1, 0.15) is 0 Å². The second-order valence-electron chi connectivity index (χ2n) is 10.3. The van der Waals surface area contributed by atoms with Crippen LogP contribution in [0.4, 0.5) is 10.5 Å². The van der Waals surface area contributed by atoms with Crippen molar-refractivity contribution in [1.82, 2.24) is 5.32 Å². The normalized spacial score (nSPS) is 19.9. The number of amides is 2. The highest BCUT2D eigenvalue weighted by Crippen LogP contribution is 2.43. The Labute approximate surface area is 255 Å². The lowest BCUT2D eigenvalue weighted by atomic mass is 9.91. The number of urea groups is 1. The van der Waals surface area contributed by atoms with Gasteiger partial charge in [-0.25, -0.2) is 9.59 Å². The maximum absolute atomic E-state index is 12.4. The number of ether oxygens (including phenoxy) is 2. The molecular formula is C34H34N2O6S. The topological polar surface area (TPSA) is 117 Å². The summed E-state index contributed by atoms with van der Waals surface area (Å²) < 4.78 is 13.0. The molecule has 4 N–H and O–H groups in total. The quantitative estimate of drug-likeness (QED) is 0.149. The highest BCUT2D eigenvalue weighted by atomic mass is 32.2. The molecular weight excluding hydrogens is 564 g/mol. The van der Waals surface area contributed by atoms with Crippen molar-refractivity contribution in [3.8, 4) is 0 Å². The van der Waals surface area contributed by atoms with E-state index in [0.29, 0.717) is 22.9 Å². The van der Waals surface area contributed by atoms with Crippen LogP contribution in [0.3, 0.4) is 0 Å². The first-order valence-electron chi connectivity index (χ1n) is 14.1. The van der Waals surface area contributed by atoms with E-state index in [1.807, 2.05) is 78.9 Å². The van der Waals surface area contributed by atoms with Crippen molar-refractivity contribution in [1.29, 1.82) is 0 Å². The van der Waals surface area contributed by atoms with Crippen LogP contribution in [0.15, 0.2) is 108 Å². The zero-order valence-corrected chi connectivity index (χ0v) is 24.5. The van der Waals surface area contributed by atoms with E-state index >= 15 is 0 Å². The van der Waals surface area contributed by atoms with E-state index < -0.39 is 12.3 Å². The Kier molecular flexibility index (Phi) is 10.1. The van der Waals surface area contributed by atoms with Gasteiger partial charge in [-0.2, -0.15) is 0 Å². The lowest BCUT2D eigenvalue weighted by Crippen LogP contribution is -2.38. The van der Waals surface area contributed by atoms with Gasteiger partial charge in [0.25, 0.3) is 0 Å². The Morgan fingerprint density at radius 2 is 1.49 bits per heavy atom. The van der Waals surface area contributed by atoms with Crippen molar-refractivity contribution in [3.05, 3.63) is 131 Å². The van der Waals surface area contributed by atoms with E-state index in [-0.39, 0.29) is 36.3 Å². The van der Waals surface area contributed by atoms with Gasteiger partial charge in [0, 0.05) is 34.4 Å². The molecule has 1 aliphatic heterocycles. The zero-order valence-electron chi connectivity index (χ0n) is 23.7. The van der Waals surface area contributed by atoms with E-state index in [1.165, 1.54) is 11.8 Å². The highest BCUT2D eigenvalue weighted by molar-refractivity contribution is 7.99. The summed E-state index contributed by atoms with van der Waals surface area (Å²) in [6, 6.07) is 31.4. The summed E-state index contributed by atoms with van der Waals surface area (Å²) in [5, 5.41) is 24.8. The van der Waals surface area contributed by atoms with E-state index in [0.717, 1.165) is 22.3 Å². The fourth-order valence-corrected chi connectivity index (χ4v) is 6.14. The lowest BCUT2D eigenvalue weighted by Gasteiger charge is -2.41. The number of rotatable bonds is 10. The number of hydrogen-bond donors (Lipinski definition) is 4. The van der Waals surface area contributed by atoms with Crippen LogP contribution in [0.2, 0.25) is 0 Å². The first-order valence-corrected chi connectivity index (χ1v) is 15.0. The smallest absolute Gasteiger partial charge is 0.336 e. The molecule has 43 heavy (non-hydrogen) atoms. The number of aliphatic hydroxyl groups excluding tert-OH is 1. The van der Waals surface area contributed by atoms with Gasteiger partial charge in [0.2, 0.25) is 0 Å². The number of benzene rings is 4. The molecule has 2 amide bonds. The third-order valence-electron chi connectivity index (χ3n) is 7.38. The minimum Gasteiger partial charge on any atom is -0.478 e. The van der Waals surface area contributed by atoms with Gasteiger partial charge in [-0.1, -0.05) is 85.8 Å². The van der Waals surface area contributed by atoms with Gasteiger partial charge in [-0.3, -0.25) is 0 Å². The van der Waals surface area contributed by atoms with Gasteiger partial charge in [0.15, 0.2) is 6.29 Å². The van der Waals surface area contributed by atoms with Crippen LogP contribution in [-0.2, 0) is 22.6 Å². The number of carboxylic acids is 1. The van der Waals surface area contributed by atoms with Crippen molar-refractivity contribution < 1.29 is 29.3 Å². The lowest BCUT2D eigenvalue weighted by molar-refractivity contribution is -0.268. The maximum Gasteiger partial charge on any atom is 0.336 e. The van der Waals surface area contributed by atoms with Crippen LogP contribution in [0.25, 0.3) is 0 Å². The molecule has 4 aromatic rings. The number of carboxylic acid groups (broad SMARTS) is 1. The molecule has 1 saturated heterocycles. The molecule has 4 aromatic carbocycles. The maximum atomic E-state index is 12.4. The van der Waals surface area contributed by atoms with Crippen molar-refractivity contribution >= 4 is 29.4 Å². The van der Waals surface area contributed by atoms with Crippen LogP contribution in [-0.4, -0.2) is 34.1 Å². The average molecular weight is 599 g/mol. The summed E-state index contributed by atoms with van der Waals surface area (Å²) in [7, 11) is 0. The Hall–Kier alpha value is -4.15. The highest BCUT2D eigenvalue weighted by Gasteiger charge is 2.38. The van der Waals surface area contributed by atoms with E-state index in [9.17, 15) is 19.8 Å². The molecule has 9 heteroatoms. The molecule has 0 spiro atoms. The van der Waals surface area contributed by atoms with Gasteiger partial charge >= 0.3 is 12.0 Å². The summed E-state index contributed by atoms with van der Waals surface area (Å²) in [6.45, 7) is 2.44. The van der Waals surface area contributed by atoms with E-state index in [2.05, 4.69) is 17.6 Å². The number of carbonyl (C=O) groups is 2. The van der Waals surface area contributed by atoms with Crippen LogP contribution in [0.1, 0.15) is 51.9 Å². The molecule has 222 valence electrons. The van der Waals surface area contributed by atoms with Crippen LogP contribution < -0.4 is 10.6 Å². The predicted octanol–water partition coefficient (Wildman–Crippen LogP) is 6.78. The van der Waals surface area contributed by atoms with Gasteiger partial charge < -0.3 is 30.3 Å². The van der Waals surface area contributed by atoms with Crippen LogP contribution >= 0.6 is 11.8 Å². The number of carbonyl (C=O) groups excluding carboxylic acids is 1. The van der Waals surface area contributed by atoms with Crippen molar-refractivity contribution in [3.63, 3.8) is 0 Å². The summed E-state index contributed by atoms with van der Waals surface area (Å²) in [4.78, 5) is 24.9. The summed E-state index contributed by atoms with van der Waals surface area (Å²) >= 11 is 1.45. The molecule has 0 unspecified atom stereocenters. The molecule has 5 rings (SSSR count). The second kappa shape index (κ2) is 14.3. The van der Waals surface area contributed by atoms with Crippen molar-refractivity contribution in [2.75, 3.05) is 11.1 Å². The molecule has 1 heterocycles. The molecule has 8 nitrogen and oxygen atoms in total. The Morgan fingerprint density at radius 1 is 0.814 bits per heavy atom. The molecule has 4 atom stereocenters. The minimum atomic E-state index is -0.966. The average Bonchev–Trinajstić information content (AvgIpc) is 3.04. The summed E-state index contributed by atoms with van der Waals surface area (Å²) in [6.07, 6.45) is -1.23. The Balaban J connectivity index is 1.30. The minimum absolute atomic E-state index is 0.0417.